The van der Waals surface area contributed by atoms with Crippen LogP contribution in [-0.2, 0) is 14.3 Å². The monoisotopic (exact) mass is 222 g/mol. The third-order valence-electron chi connectivity index (χ3n) is 2.14. The number of aliphatic hydroxyl groups is 4. The molecule has 1 aliphatic heterocycles. The summed E-state index contributed by atoms with van der Waals surface area (Å²) in [5.74, 6) is -0.705. The van der Waals surface area contributed by atoms with Gasteiger partial charge in [-0.2, -0.15) is 0 Å². The van der Waals surface area contributed by atoms with Gasteiger partial charge in [0.1, 0.15) is 18.3 Å². The first kappa shape index (κ1) is 12.3. The molecule has 7 nitrogen and oxygen atoms in total. The molecule has 1 heterocycles. The van der Waals surface area contributed by atoms with E-state index in [9.17, 15) is 20.1 Å². The van der Waals surface area contributed by atoms with Gasteiger partial charge < -0.3 is 29.9 Å². The topological polar surface area (TPSA) is 116 Å². The van der Waals surface area contributed by atoms with Crippen molar-refractivity contribution >= 4 is 5.97 Å². The number of rotatable bonds is 2. The van der Waals surface area contributed by atoms with E-state index in [1.165, 1.54) is 0 Å². The number of carbonyl (C=O) groups excluding carboxylic acids is 1. The first-order valence-electron chi connectivity index (χ1n) is 4.45. The lowest BCUT2D eigenvalue weighted by Gasteiger charge is -2.39. The molecule has 5 atom stereocenters. The second-order valence-corrected chi connectivity index (χ2v) is 3.30. The molecule has 0 saturated carbocycles. The Morgan fingerprint density at radius 3 is 2.40 bits per heavy atom. The third-order valence-corrected chi connectivity index (χ3v) is 2.14. The van der Waals surface area contributed by atoms with Crippen LogP contribution < -0.4 is 0 Å². The molecule has 0 spiro atoms. The highest BCUT2D eigenvalue weighted by molar-refractivity contribution is 5.66. The predicted molar refractivity (Wildman–Crippen MR) is 45.5 cm³/mol. The molecule has 0 aliphatic carbocycles. The third kappa shape index (κ3) is 2.64. The molecule has 7 heteroatoms. The fourth-order valence-corrected chi connectivity index (χ4v) is 1.40. The van der Waals surface area contributed by atoms with E-state index < -0.39 is 43.3 Å². The van der Waals surface area contributed by atoms with Gasteiger partial charge in [0.05, 0.1) is 6.61 Å². The van der Waals surface area contributed by atoms with Crippen LogP contribution in [-0.4, -0.2) is 63.7 Å². The lowest BCUT2D eigenvalue weighted by atomic mass is 9.99. The van der Waals surface area contributed by atoms with Crippen LogP contribution in [0, 0.1) is 0 Å². The molecule has 0 aromatic carbocycles. The Labute approximate surface area is 85.9 Å². The fourth-order valence-electron chi connectivity index (χ4n) is 1.40. The van der Waals surface area contributed by atoms with Crippen LogP contribution in [0.3, 0.4) is 0 Å². The summed E-state index contributed by atoms with van der Waals surface area (Å²) < 4.78 is 9.31. The number of carbonyl (C=O) groups is 1. The van der Waals surface area contributed by atoms with Crippen molar-refractivity contribution in [2.75, 3.05) is 6.61 Å². The maximum atomic E-state index is 10.7. The molecule has 0 aromatic heterocycles. The van der Waals surface area contributed by atoms with E-state index in [-0.39, 0.29) is 0 Å². The Morgan fingerprint density at radius 1 is 1.33 bits per heavy atom. The highest BCUT2D eigenvalue weighted by atomic mass is 16.7. The zero-order chi connectivity index (χ0) is 11.6. The van der Waals surface area contributed by atoms with Crippen molar-refractivity contribution in [2.24, 2.45) is 0 Å². The SMILES string of the molecule is CC(=O)OC1[C@H](O)C(CO)OC(O)[C@@H]1O. The van der Waals surface area contributed by atoms with Gasteiger partial charge >= 0.3 is 5.97 Å². The zero-order valence-electron chi connectivity index (χ0n) is 8.11. The molecule has 4 N–H and O–H groups in total. The minimum atomic E-state index is -1.60. The molecule has 0 amide bonds. The van der Waals surface area contributed by atoms with Gasteiger partial charge in [-0.25, -0.2) is 0 Å². The average Bonchev–Trinajstić information content (AvgIpc) is 2.18. The molecule has 3 unspecified atom stereocenters. The highest BCUT2D eigenvalue weighted by Crippen LogP contribution is 2.22. The second kappa shape index (κ2) is 4.86. The number of esters is 1. The standard InChI is InChI=1S/C8H14O7/c1-3(10)14-7-5(11)4(2-9)15-8(13)6(7)12/h4-9,11-13H,2H2,1H3/t4?,5-,6-,7?,8?/m1/s1. The van der Waals surface area contributed by atoms with Crippen LogP contribution in [0.1, 0.15) is 6.92 Å². The van der Waals surface area contributed by atoms with Crippen LogP contribution in [0.15, 0.2) is 0 Å². The largest absolute Gasteiger partial charge is 0.457 e. The second-order valence-electron chi connectivity index (χ2n) is 3.30. The Kier molecular flexibility index (Phi) is 4.00. The molecular formula is C8H14O7. The van der Waals surface area contributed by atoms with Crippen molar-refractivity contribution in [1.29, 1.82) is 0 Å². The van der Waals surface area contributed by atoms with Crippen molar-refractivity contribution in [3.8, 4) is 0 Å². The summed E-state index contributed by atoms with van der Waals surface area (Å²) in [6.07, 6.45) is -6.91. The molecule has 0 aromatic rings. The predicted octanol–water partition coefficient (Wildman–Crippen LogP) is -2.65. The van der Waals surface area contributed by atoms with Crippen LogP contribution in [0.4, 0.5) is 0 Å². The van der Waals surface area contributed by atoms with E-state index in [0.29, 0.717) is 0 Å². The minimum Gasteiger partial charge on any atom is -0.457 e. The number of hydrogen-bond donors (Lipinski definition) is 4. The highest BCUT2D eigenvalue weighted by Gasteiger charge is 2.45. The van der Waals surface area contributed by atoms with Gasteiger partial charge in [0.15, 0.2) is 12.4 Å². The summed E-state index contributed by atoms with van der Waals surface area (Å²) >= 11 is 0. The summed E-state index contributed by atoms with van der Waals surface area (Å²) in [5, 5.41) is 36.9. The molecule has 0 radical (unpaired) electrons. The molecule has 1 rings (SSSR count). The maximum Gasteiger partial charge on any atom is 0.303 e. The Morgan fingerprint density at radius 2 is 1.93 bits per heavy atom. The molecule has 1 fully saturated rings. The smallest absolute Gasteiger partial charge is 0.303 e. The minimum absolute atomic E-state index is 0.553. The summed E-state index contributed by atoms with van der Waals surface area (Å²) in [5.41, 5.74) is 0. The number of aliphatic hydroxyl groups excluding tert-OH is 4. The van der Waals surface area contributed by atoms with E-state index >= 15 is 0 Å². The Hall–Kier alpha value is -0.730. The summed E-state index contributed by atoms with van der Waals surface area (Å²) in [7, 11) is 0. The Balaban J connectivity index is 2.74. The van der Waals surface area contributed by atoms with E-state index in [1.54, 1.807) is 0 Å². The van der Waals surface area contributed by atoms with Crippen molar-refractivity contribution in [3.63, 3.8) is 0 Å². The summed E-state index contributed by atoms with van der Waals surface area (Å²) in [6, 6.07) is 0. The lowest BCUT2D eigenvalue weighted by Crippen LogP contribution is -2.59. The first-order valence-corrected chi connectivity index (χ1v) is 4.45. The molecule has 15 heavy (non-hydrogen) atoms. The maximum absolute atomic E-state index is 10.7. The van der Waals surface area contributed by atoms with Crippen molar-refractivity contribution in [1.82, 2.24) is 0 Å². The number of ether oxygens (including phenoxy) is 2. The van der Waals surface area contributed by atoms with Crippen LogP contribution in [0.25, 0.3) is 0 Å². The molecule has 88 valence electrons. The first-order chi connectivity index (χ1) is 6.97. The fraction of sp³-hybridized carbons (Fsp3) is 0.875. The van der Waals surface area contributed by atoms with Crippen molar-refractivity contribution < 1.29 is 34.7 Å². The van der Waals surface area contributed by atoms with Crippen molar-refractivity contribution in [3.05, 3.63) is 0 Å². The van der Waals surface area contributed by atoms with Gasteiger partial charge in [-0.15, -0.1) is 0 Å². The van der Waals surface area contributed by atoms with Crippen LogP contribution in [0.2, 0.25) is 0 Å². The molecule has 1 saturated heterocycles. The van der Waals surface area contributed by atoms with E-state index in [2.05, 4.69) is 9.47 Å². The van der Waals surface area contributed by atoms with Gasteiger partial charge in [-0.1, -0.05) is 0 Å². The lowest BCUT2D eigenvalue weighted by molar-refractivity contribution is -0.289. The van der Waals surface area contributed by atoms with Crippen LogP contribution >= 0.6 is 0 Å². The normalized spacial score (nSPS) is 41.3. The van der Waals surface area contributed by atoms with Crippen molar-refractivity contribution in [2.45, 2.75) is 37.6 Å². The van der Waals surface area contributed by atoms with Gasteiger partial charge in [0, 0.05) is 6.92 Å². The Bertz CT molecular complexity index is 231. The summed E-state index contributed by atoms with van der Waals surface area (Å²) in [6.45, 7) is 0.554. The van der Waals surface area contributed by atoms with Gasteiger partial charge in [-0.05, 0) is 0 Å². The quantitative estimate of drug-likeness (QED) is 0.377. The van der Waals surface area contributed by atoms with E-state index in [0.717, 1.165) is 6.92 Å². The van der Waals surface area contributed by atoms with E-state index in [4.69, 9.17) is 5.11 Å². The van der Waals surface area contributed by atoms with E-state index in [1.807, 2.05) is 0 Å². The van der Waals surface area contributed by atoms with Crippen LogP contribution in [0.5, 0.6) is 0 Å². The summed E-state index contributed by atoms with van der Waals surface area (Å²) in [4.78, 5) is 10.7. The van der Waals surface area contributed by atoms with Gasteiger partial charge in [0.2, 0.25) is 0 Å². The average molecular weight is 222 g/mol. The zero-order valence-corrected chi connectivity index (χ0v) is 8.11. The van der Waals surface area contributed by atoms with Gasteiger partial charge in [0.25, 0.3) is 0 Å². The molecular weight excluding hydrogens is 208 g/mol. The molecule has 1 aliphatic rings. The molecule has 0 bridgehead atoms. The van der Waals surface area contributed by atoms with Gasteiger partial charge in [-0.3, -0.25) is 4.79 Å². The number of hydrogen-bond acceptors (Lipinski definition) is 7.